The third-order valence-corrected chi connectivity index (χ3v) is 3.63. The monoisotopic (exact) mass is 283 g/mol. The summed E-state index contributed by atoms with van der Waals surface area (Å²) in [6.45, 7) is 3.94. The predicted molar refractivity (Wildman–Crippen MR) is 82.9 cm³/mol. The lowest BCUT2D eigenvalue weighted by atomic mass is 10.1. The molecule has 0 fully saturated rings. The van der Waals surface area contributed by atoms with E-state index in [-0.39, 0.29) is 5.91 Å². The van der Waals surface area contributed by atoms with E-state index in [1.54, 1.807) is 7.11 Å². The van der Waals surface area contributed by atoms with Gasteiger partial charge in [-0.15, -0.1) is 0 Å². The normalized spacial score (nSPS) is 14.7. The number of fused-ring (bicyclic) bond motifs is 1. The van der Waals surface area contributed by atoms with Crippen molar-refractivity contribution in [2.45, 2.75) is 26.7 Å². The van der Waals surface area contributed by atoms with Crippen molar-refractivity contribution in [3.63, 3.8) is 0 Å². The van der Waals surface area contributed by atoms with Crippen LogP contribution in [0.5, 0.6) is 5.75 Å². The van der Waals surface area contributed by atoms with Gasteiger partial charge in [-0.05, 0) is 43.2 Å². The maximum absolute atomic E-state index is 12.1. The molecule has 0 saturated carbocycles. The van der Waals surface area contributed by atoms with Gasteiger partial charge in [0.25, 0.3) is 5.91 Å². The topological polar surface area (TPSA) is 54.8 Å². The Kier molecular flexibility index (Phi) is 3.33. The molecule has 0 bridgehead atoms. The van der Waals surface area contributed by atoms with Gasteiger partial charge in [0.1, 0.15) is 5.75 Å². The van der Waals surface area contributed by atoms with Gasteiger partial charge in [0.05, 0.1) is 19.0 Å². The number of benzene rings is 1. The Balaban J connectivity index is 2.09. The first-order valence-corrected chi connectivity index (χ1v) is 6.97. The molecule has 2 aromatic rings. The highest BCUT2D eigenvalue weighted by atomic mass is 16.5. The molecule has 1 amide bonds. The van der Waals surface area contributed by atoms with Crippen LogP contribution in [0.2, 0.25) is 0 Å². The van der Waals surface area contributed by atoms with Gasteiger partial charge in [0.2, 0.25) is 0 Å². The van der Waals surface area contributed by atoms with E-state index < -0.39 is 0 Å². The van der Waals surface area contributed by atoms with Gasteiger partial charge in [0.15, 0.2) is 5.82 Å². The standard InChI is InChI=1S/C16H17N3O2/c1-4-12-9-15(20)19(18-12)16-10(2)7-11-8-13(21-3)5-6-14(11)17-16/h5-8H,4,9H2,1-3H3. The molecule has 1 aromatic heterocycles. The molecule has 0 aliphatic carbocycles. The molecule has 0 atom stereocenters. The van der Waals surface area contributed by atoms with Crippen LogP contribution in [-0.4, -0.2) is 23.7 Å². The zero-order valence-electron chi connectivity index (χ0n) is 12.4. The number of aromatic nitrogens is 1. The Bertz CT molecular complexity index is 753. The third kappa shape index (κ3) is 2.35. The number of hydrogen-bond donors (Lipinski definition) is 0. The Hall–Kier alpha value is -2.43. The van der Waals surface area contributed by atoms with E-state index in [0.717, 1.165) is 34.3 Å². The van der Waals surface area contributed by atoms with Gasteiger partial charge in [-0.25, -0.2) is 4.98 Å². The summed E-state index contributed by atoms with van der Waals surface area (Å²) in [5.41, 5.74) is 2.64. The number of ether oxygens (including phenoxy) is 1. The first-order valence-electron chi connectivity index (χ1n) is 6.97. The molecule has 0 spiro atoms. The maximum atomic E-state index is 12.1. The van der Waals surface area contributed by atoms with Crippen molar-refractivity contribution < 1.29 is 9.53 Å². The van der Waals surface area contributed by atoms with Crippen LogP contribution in [0.4, 0.5) is 5.82 Å². The molecule has 5 heteroatoms. The number of carbonyl (C=O) groups is 1. The lowest BCUT2D eigenvalue weighted by Crippen LogP contribution is -2.21. The molecule has 1 aliphatic heterocycles. The van der Waals surface area contributed by atoms with Crippen molar-refractivity contribution in [1.29, 1.82) is 0 Å². The molecule has 108 valence electrons. The average Bonchev–Trinajstić information content (AvgIpc) is 2.87. The zero-order chi connectivity index (χ0) is 15.0. The lowest BCUT2D eigenvalue weighted by Gasteiger charge is -2.14. The fraction of sp³-hybridized carbons (Fsp3) is 0.312. The summed E-state index contributed by atoms with van der Waals surface area (Å²) in [7, 11) is 1.64. The molecule has 1 aromatic carbocycles. The first kappa shape index (κ1) is 13.5. The van der Waals surface area contributed by atoms with E-state index in [0.29, 0.717) is 12.2 Å². The van der Waals surface area contributed by atoms with E-state index in [9.17, 15) is 4.79 Å². The number of amides is 1. The molecule has 1 aliphatic rings. The van der Waals surface area contributed by atoms with Gasteiger partial charge in [0, 0.05) is 11.1 Å². The van der Waals surface area contributed by atoms with Crippen LogP contribution < -0.4 is 9.75 Å². The van der Waals surface area contributed by atoms with Crippen LogP contribution in [0.25, 0.3) is 10.9 Å². The summed E-state index contributed by atoms with van der Waals surface area (Å²) in [5, 5.41) is 6.79. The minimum absolute atomic E-state index is 0.0182. The molecule has 0 radical (unpaired) electrons. The number of rotatable bonds is 3. The Morgan fingerprint density at radius 3 is 2.81 bits per heavy atom. The number of pyridine rings is 1. The second-order valence-corrected chi connectivity index (χ2v) is 5.09. The van der Waals surface area contributed by atoms with Gasteiger partial charge in [-0.1, -0.05) is 6.92 Å². The van der Waals surface area contributed by atoms with Gasteiger partial charge < -0.3 is 4.74 Å². The summed E-state index contributed by atoms with van der Waals surface area (Å²) in [5.74, 6) is 1.39. The Labute approximate surface area is 123 Å². The Morgan fingerprint density at radius 1 is 1.33 bits per heavy atom. The van der Waals surface area contributed by atoms with Crippen LogP contribution in [0.3, 0.4) is 0 Å². The van der Waals surface area contributed by atoms with Crippen molar-refractivity contribution in [2.24, 2.45) is 5.10 Å². The average molecular weight is 283 g/mol. The van der Waals surface area contributed by atoms with Crippen molar-refractivity contribution >= 4 is 28.3 Å². The van der Waals surface area contributed by atoms with E-state index >= 15 is 0 Å². The van der Waals surface area contributed by atoms with E-state index in [4.69, 9.17) is 4.74 Å². The number of carbonyl (C=O) groups excluding carboxylic acids is 1. The summed E-state index contributed by atoms with van der Waals surface area (Å²) >= 11 is 0. The number of anilines is 1. The molecule has 5 nitrogen and oxygen atoms in total. The molecule has 0 saturated heterocycles. The fourth-order valence-electron chi connectivity index (χ4n) is 2.43. The van der Waals surface area contributed by atoms with Crippen LogP contribution in [-0.2, 0) is 4.79 Å². The van der Waals surface area contributed by atoms with Crippen LogP contribution in [0, 0.1) is 6.92 Å². The summed E-state index contributed by atoms with van der Waals surface area (Å²) < 4.78 is 5.22. The van der Waals surface area contributed by atoms with Crippen molar-refractivity contribution in [3.8, 4) is 5.75 Å². The lowest BCUT2D eigenvalue weighted by molar-refractivity contribution is -0.116. The predicted octanol–water partition coefficient (Wildman–Crippen LogP) is 3.05. The molecular weight excluding hydrogens is 266 g/mol. The van der Waals surface area contributed by atoms with Crippen LogP contribution in [0.1, 0.15) is 25.3 Å². The van der Waals surface area contributed by atoms with Gasteiger partial charge in [-0.3, -0.25) is 4.79 Å². The summed E-state index contributed by atoms with van der Waals surface area (Å²) in [6.07, 6.45) is 1.17. The highest BCUT2D eigenvalue weighted by molar-refractivity contribution is 6.13. The number of hydrazone groups is 1. The number of methoxy groups -OCH3 is 1. The van der Waals surface area contributed by atoms with Crippen molar-refractivity contribution in [1.82, 2.24) is 4.98 Å². The molecule has 2 heterocycles. The second kappa shape index (κ2) is 5.16. The smallest absolute Gasteiger partial charge is 0.254 e. The number of aryl methyl sites for hydroxylation is 1. The molecule has 0 unspecified atom stereocenters. The van der Waals surface area contributed by atoms with Crippen molar-refractivity contribution in [3.05, 3.63) is 29.8 Å². The van der Waals surface area contributed by atoms with Gasteiger partial charge >= 0.3 is 0 Å². The largest absolute Gasteiger partial charge is 0.497 e. The zero-order valence-corrected chi connectivity index (χ0v) is 12.4. The fourth-order valence-corrected chi connectivity index (χ4v) is 2.43. The second-order valence-electron chi connectivity index (χ2n) is 5.09. The summed E-state index contributed by atoms with van der Waals surface area (Å²) in [6, 6.07) is 7.70. The molecule has 21 heavy (non-hydrogen) atoms. The minimum atomic E-state index is -0.0182. The molecule has 0 N–H and O–H groups in total. The highest BCUT2D eigenvalue weighted by Gasteiger charge is 2.26. The minimum Gasteiger partial charge on any atom is -0.497 e. The molecule has 3 rings (SSSR count). The van der Waals surface area contributed by atoms with Gasteiger partial charge in [-0.2, -0.15) is 10.1 Å². The van der Waals surface area contributed by atoms with E-state index in [1.807, 2.05) is 38.1 Å². The van der Waals surface area contributed by atoms with Crippen molar-refractivity contribution in [2.75, 3.05) is 12.1 Å². The summed E-state index contributed by atoms with van der Waals surface area (Å²) in [4.78, 5) is 16.7. The van der Waals surface area contributed by atoms with E-state index in [2.05, 4.69) is 10.1 Å². The van der Waals surface area contributed by atoms with Crippen LogP contribution in [0.15, 0.2) is 29.4 Å². The number of hydrogen-bond acceptors (Lipinski definition) is 4. The third-order valence-electron chi connectivity index (χ3n) is 3.63. The number of nitrogens with zero attached hydrogens (tertiary/aromatic N) is 3. The quantitative estimate of drug-likeness (QED) is 0.870. The maximum Gasteiger partial charge on any atom is 0.254 e. The highest BCUT2D eigenvalue weighted by Crippen LogP contribution is 2.28. The first-order chi connectivity index (χ1) is 10.1. The molecular formula is C16H17N3O2. The SMILES string of the molecule is CCC1=NN(c2nc3ccc(OC)cc3cc2C)C(=O)C1. The van der Waals surface area contributed by atoms with E-state index in [1.165, 1.54) is 5.01 Å². The Morgan fingerprint density at radius 2 is 2.14 bits per heavy atom. The van der Waals surface area contributed by atoms with Crippen LogP contribution >= 0.6 is 0 Å².